The molecule has 1 aromatic rings. The average Bonchev–Trinajstić information content (AvgIpc) is 2.89. The zero-order valence-electron chi connectivity index (χ0n) is 16.6. The summed E-state index contributed by atoms with van der Waals surface area (Å²) < 4.78 is 0. The first-order chi connectivity index (χ1) is 12.6. The van der Waals surface area contributed by atoms with E-state index >= 15 is 0 Å². The first kappa shape index (κ1) is 19.4. The molecule has 0 aliphatic carbocycles. The molecule has 2 fully saturated rings. The number of carbonyl (C=O) groups is 1. The van der Waals surface area contributed by atoms with E-state index in [-0.39, 0.29) is 5.91 Å². The van der Waals surface area contributed by atoms with Crippen LogP contribution in [0.15, 0.2) is 18.2 Å². The van der Waals surface area contributed by atoms with Gasteiger partial charge in [-0.3, -0.25) is 9.69 Å². The Labute approximate surface area is 158 Å². The molecule has 0 spiro atoms. The molecule has 26 heavy (non-hydrogen) atoms. The maximum Gasteiger partial charge on any atom is 0.238 e. The highest BCUT2D eigenvalue weighted by Gasteiger charge is 2.23. The topological polar surface area (TPSA) is 35.6 Å². The summed E-state index contributed by atoms with van der Waals surface area (Å²) in [6.07, 6.45) is 8.02. The lowest BCUT2D eigenvalue weighted by molar-refractivity contribution is -0.117. The van der Waals surface area contributed by atoms with Crippen LogP contribution in [-0.2, 0) is 4.79 Å². The molecule has 2 aliphatic rings. The van der Waals surface area contributed by atoms with Gasteiger partial charge in [-0.2, -0.15) is 0 Å². The predicted octanol–water partition coefficient (Wildman–Crippen LogP) is 3.83. The second kappa shape index (κ2) is 9.52. The third-order valence-corrected chi connectivity index (χ3v) is 6.17. The van der Waals surface area contributed by atoms with E-state index in [4.69, 9.17) is 0 Å². The number of amides is 1. The van der Waals surface area contributed by atoms with Crippen molar-refractivity contribution in [1.82, 2.24) is 9.80 Å². The molecular weight excluding hydrogens is 322 g/mol. The molecule has 0 bridgehead atoms. The summed E-state index contributed by atoms with van der Waals surface area (Å²) >= 11 is 0. The van der Waals surface area contributed by atoms with E-state index in [9.17, 15) is 4.79 Å². The average molecular weight is 358 g/mol. The van der Waals surface area contributed by atoms with Crippen LogP contribution in [0.4, 0.5) is 5.69 Å². The van der Waals surface area contributed by atoms with Crippen molar-refractivity contribution >= 4 is 11.6 Å². The van der Waals surface area contributed by atoms with E-state index in [0.717, 1.165) is 30.3 Å². The SMILES string of the molecule is Cc1cccc(NC(=O)CN2CCC(CN3CCCCCC3)CC2)c1C. The summed E-state index contributed by atoms with van der Waals surface area (Å²) in [6.45, 7) is 10.6. The number of anilines is 1. The number of nitrogens with zero attached hydrogens (tertiary/aromatic N) is 2. The summed E-state index contributed by atoms with van der Waals surface area (Å²) in [7, 11) is 0. The number of hydrogen-bond acceptors (Lipinski definition) is 3. The summed E-state index contributed by atoms with van der Waals surface area (Å²) in [5.41, 5.74) is 3.33. The molecule has 0 radical (unpaired) electrons. The molecule has 3 rings (SSSR count). The summed E-state index contributed by atoms with van der Waals surface area (Å²) in [5, 5.41) is 3.09. The minimum atomic E-state index is 0.115. The van der Waals surface area contributed by atoms with Crippen LogP contribution < -0.4 is 5.32 Å². The number of aryl methyl sites for hydroxylation is 1. The largest absolute Gasteiger partial charge is 0.325 e. The number of benzene rings is 1. The van der Waals surface area contributed by atoms with Crippen molar-refractivity contribution in [2.75, 3.05) is 44.6 Å². The Balaban J connectivity index is 1.40. The van der Waals surface area contributed by atoms with Crippen molar-refractivity contribution in [1.29, 1.82) is 0 Å². The van der Waals surface area contributed by atoms with Crippen LogP contribution in [0.5, 0.6) is 0 Å². The summed E-state index contributed by atoms with van der Waals surface area (Å²) in [6, 6.07) is 6.08. The Kier molecular flexibility index (Phi) is 7.09. The minimum absolute atomic E-state index is 0.115. The second-order valence-electron chi connectivity index (χ2n) is 8.23. The van der Waals surface area contributed by atoms with Crippen LogP contribution in [0.3, 0.4) is 0 Å². The molecule has 1 aromatic carbocycles. The van der Waals surface area contributed by atoms with E-state index in [1.54, 1.807) is 0 Å². The number of nitrogens with one attached hydrogen (secondary N) is 1. The molecule has 144 valence electrons. The lowest BCUT2D eigenvalue weighted by Crippen LogP contribution is -2.42. The molecule has 2 aliphatic heterocycles. The molecule has 0 saturated carbocycles. The van der Waals surface area contributed by atoms with Crippen molar-refractivity contribution in [3.63, 3.8) is 0 Å². The van der Waals surface area contributed by atoms with Crippen molar-refractivity contribution in [2.45, 2.75) is 52.4 Å². The van der Waals surface area contributed by atoms with Gasteiger partial charge in [0.1, 0.15) is 0 Å². The molecule has 0 unspecified atom stereocenters. The third-order valence-electron chi connectivity index (χ3n) is 6.17. The Morgan fingerprint density at radius 2 is 1.69 bits per heavy atom. The smallest absolute Gasteiger partial charge is 0.238 e. The maximum absolute atomic E-state index is 12.4. The standard InChI is InChI=1S/C22H35N3O/c1-18-8-7-9-21(19(18)2)23-22(26)17-25-14-10-20(11-15-25)16-24-12-5-3-4-6-13-24/h7-9,20H,3-6,10-17H2,1-2H3,(H,23,26). The highest BCUT2D eigenvalue weighted by atomic mass is 16.2. The fraction of sp³-hybridized carbons (Fsp3) is 0.682. The van der Waals surface area contributed by atoms with Gasteiger partial charge in [-0.25, -0.2) is 0 Å². The molecule has 1 amide bonds. The molecule has 4 heteroatoms. The van der Waals surface area contributed by atoms with Crippen LogP contribution >= 0.6 is 0 Å². The second-order valence-corrected chi connectivity index (χ2v) is 8.23. The molecule has 1 N–H and O–H groups in total. The molecular formula is C22H35N3O. The zero-order valence-corrected chi connectivity index (χ0v) is 16.6. The Morgan fingerprint density at radius 1 is 1.00 bits per heavy atom. The lowest BCUT2D eigenvalue weighted by atomic mass is 9.96. The van der Waals surface area contributed by atoms with Crippen LogP contribution in [0.1, 0.15) is 49.7 Å². The van der Waals surface area contributed by atoms with E-state index in [2.05, 4.69) is 35.0 Å². The minimum Gasteiger partial charge on any atom is -0.325 e. The highest BCUT2D eigenvalue weighted by molar-refractivity contribution is 5.93. The number of likely N-dealkylation sites (tertiary alicyclic amines) is 2. The number of piperidine rings is 1. The molecule has 2 saturated heterocycles. The van der Waals surface area contributed by atoms with Crippen molar-refractivity contribution < 1.29 is 4.79 Å². The maximum atomic E-state index is 12.4. The van der Waals surface area contributed by atoms with Gasteiger partial charge in [-0.15, -0.1) is 0 Å². The van der Waals surface area contributed by atoms with Crippen LogP contribution in [0, 0.1) is 19.8 Å². The van der Waals surface area contributed by atoms with Gasteiger partial charge >= 0.3 is 0 Å². The fourth-order valence-electron chi connectivity index (χ4n) is 4.29. The van der Waals surface area contributed by atoms with Crippen molar-refractivity contribution in [2.24, 2.45) is 5.92 Å². The zero-order chi connectivity index (χ0) is 18.4. The highest BCUT2D eigenvalue weighted by Crippen LogP contribution is 2.21. The Bertz CT molecular complexity index is 585. The number of carbonyl (C=O) groups excluding carboxylic acids is 1. The van der Waals surface area contributed by atoms with Gasteiger partial charge in [0.05, 0.1) is 6.54 Å². The summed E-state index contributed by atoms with van der Waals surface area (Å²) in [5.74, 6) is 0.927. The van der Waals surface area contributed by atoms with Gasteiger partial charge < -0.3 is 10.2 Å². The third kappa shape index (κ3) is 5.55. The van der Waals surface area contributed by atoms with Crippen LogP contribution in [0.2, 0.25) is 0 Å². The van der Waals surface area contributed by atoms with E-state index in [0.29, 0.717) is 6.54 Å². The number of hydrogen-bond donors (Lipinski definition) is 1. The van der Waals surface area contributed by atoms with Crippen molar-refractivity contribution in [3.05, 3.63) is 29.3 Å². The van der Waals surface area contributed by atoms with E-state index in [1.165, 1.54) is 63.7 Å². The lowest BCUT2D eigenvalue weighted by Gasteiger charge is -2.34. The molecule has 0 atom stereocenters. The van der Waals surface area contributed by atoms with Crippen molar-refractivity contribution in [3.8, 4) is 0 Å². The van der Waals surface area contributed by atoms with Gasteiger partial charge in [0, 0.05) is 12.2 Å². The molecule has 0 aromatic heterocycles. The van der Waals surface area contributed by atoms with E-state index in [1.807, 2.05) is 12.1 Å². The monoisotopic (exact) mass is 357 g/mol. The number of rotatable bonds is 5. The molecule has 2 heterocycles. The van der Waals surface area contributed by atoms with Gasteiger partial charge in [0.15, 0.2) is 0 Å². The Morgan fingerprint density at radius 3 is 2.38 bits per heavy atom. The van der Waals surface area contributed by atoms with Gasteiger partial charge in [-0.1, -0.05) is 25.0 Å². The predicted molar refractivity (Wildman–Crippen MR) is 109 cm³/mol. The normalized spacial score (nSPS) is 20.7. The van der Waals surface area contributed by atoms with Crippen LogP contribution in [0.25, 0.3) is 0 Å². The van der Waals surface area contributed by atoms with Gasteiger partial charge in [0.25, 0.3) is 0 Å². The van der Waals surface area contributed by atoms with E-state index < -0.39 is 0 Å². The molecule has 4 nitrogen and oxygen atoms in total. The first-order valence-electron chi connectivity index (χ1n) is 10.4. The Hall–Kier alpha value is -1.39. The van der Waals surface area contributed by atoms with Gasteiger partial charge in [0.2, 0.25) is 5.91 Å². The van der Waals surface area contributed by atoms with Gasteiger partial charge in [-0.05, 0) is 88.8 Å². The summed E-state index contributed by atoms with van der Waals surface area (Å²) in [4.78, 5) is 17.4. The fourth-order valence-corrected chi connectivity index (χ4v) is 4.29. The first-order valence-corrected chi connectivity index (χ1v) is 10.4. The van der Waals surface area contributed by atoms with Crippen LogP contribution in [-0.4, -0.2) is 55.0 Å². The quantitative estimate of drug-likeness (QED) is 0.870.